The molecule has 0 saturated heterocycles. The van der Waals surface area contributed by atoms with E-state index in [0.29, 0.717) is 19.4 Å². The molecular weight excluding hydrogens is 170 g/mol. The number of hydrogen-bond acceptors (Lipinski definition) is 3. The molecule has 6 nitrogen and oxygen atoms in total. The number of primary amides is 1. The third kappa shape index (κ3) is 5.92. The van der Waals surface area contributed by atoms with Crippen LogP contribution in [0.15, 0.2) is 0 Å². The molecule has 0 bridgehead atoms. The van der Waals surface area contributed by atoms with Crippen LogP contribution in [-0.2, 0) is 4.79 Å². The van der Waals surface area contributed by atoms with Crippen molar-refractivity contribution in [3.8, 4) is 0 Å². The molecule has 1 atom stereocenters. The number of rotatable bonds is 5. The first-order valence-corrected chi connectivity index (χ1v) is 4.13. The topological polar surface area (TPSA) is 117 Å². The van der Waals surface area contributed by atoms with Gasteiger partial charge in [-0.1, -0.05) is 0 Å². The van der Waals surface area contributed by atoms with E-state index in [4.69, 9.17) is 16.9 Å². The summed E-state index contributed by atoms with van der Waals surface area (Å²) in [6, 6.07) is -0.578. The molecule has 0 fully saturated rings. The van der Waals surface area contributed by atoms with Gasteiger partial charge in [-0.25, -0.2) is 0 Å². The minimum atomic E-state index is -0.578. The molecule has 0 rings (SSSR count). The molecule has 0 heterocycles. The molecule has 0 radical (unpaired) electrons. The highest BCUT2D eigenvalue weighted by atomic mass is 16.1. The maximum Gasteiger partial charge on any atom is 0.234 e. The Morgan fingerprint density at radius 2 is 2.23 bits per heavy atom. The summed E-state index contributed by atoms with van der Waals surface area (Å²) in [6.07, 6.45) is 1.26. The Bertz CT molecular complexity index is 182. The van der Waals surface area contributed by atoms with Gasteiger partial charge in [0.2, 0.25) is 5.91 Å². The molecule has 0 aliphatic heterocycles. The van der Waals surface area contributed by atoms with Gasteiger partial charge in [-0.05, 0) is 12.8 Å². The van der Waals surface area contributed by atoms with Crippen molar-refractivity contribution in [3.63, 3.8) is 0 Å². The molecule has 0 aliphatic rings. The summed E-state index contributed by atoms with van der Waals surface area (Å²) in [5, 5.41) is 12.6. The van der Waals surface area contributed by atoms with E-state index in [-0.39, 0.29) is 5.96 Å². The first-order valence-electron chi connectivity index (χ1n) is 4.13. The first kappa shape index (κ1) is 11.7. The second kappa shape index (κ2) is 6.24. The van der Waals surface area contributed by atoms with Crippen LogP contribution in [-0.4, -0.2) is 31.5 Å². The molecule has 0 saturated carbocycles. The van der Waals surface area contributed by atoms with Crippen LogP contribution in [0.1, 0.15) is 12.8 Å². The molecular formula is C7H17N5O. The highest BCUT2D eigenvalue weighted by molar-refractivity contribution is 5.79. The molecule has 0 aliphatic carbocycles. The Hall–Kier alpha value is -1.30. The lowest BCUT2D eigenvalue weighted by Crippen LogP contribution is -2.38. The molecule has 6 heteroatoms. The van der Waals surface area contributed by atoms with Gasteiger partial charge in [-0.15, -0.1) is 0 Å². The van der Waals surface area contributed by atoms with Crippen molar-refractivity contribution < 1.29 is 4.79 Å². The lowest BCUT2D eigenvalue weighted by atomic mass is 10.1. The number of nitrogens with one attached hydrogen (secondary N) is 3. The predicted octanol–water partition coefficient (Wildman–Crippen LogP) is -1.68. The fourth-order valence-corrected chi connectivity index (χ4v) is 0.766. The highest BCUT2D eigenvalue weighted by Crippen LogP contribution is 1.91. The van der Waals surface area contributed by atoms with Crippen molar-refractivity contribution in [3.05, 3.63) is 0 Å². The van der Waals surface area contributed by atoms with Gasteiger partial charge in [0.05, 0.1) is 6.04 Å². The van der Waals surface area contributed by atoms with Gasteiger partial charge < -0.3 is 22.1 Å². The van der Waals surface area contributed by atoms with Crippen LogP contribution in [0.25, 0.3) is 0 Å². The number of carbonyl (C=O) groups excluding carboxylic acids is 1. The molecule has 76 valence electrons. The van der Waals surface area contributed by atoms with Crippen molar-refractivity contribution >= 4 is 11.9 Å². The molecule has 0 aromatic rings. The van der Waals surface area contributed by atoms with E-state index in [1.165, 1.54) is 0 Å². The van der Waals surface area contributed by atoms with Gasteiger partial charge in [0.1, 0.15) is 0 Å². The van der Waals surface area contributed by atoms with Crippen molar-refractivity contribution in [2.24, 2.45) is 11.5 Å². The molecule has 7 N–H and O–H groups in total. The fraction of sp³-hybridized carbons (Fsp3) is 0.714. The van der Waals surface area contributed by atoms with Crippen LogP contribution in [0.3, 0.4) is 0 Å². The van der Waals surface area contributed by atoms with Crippen LogP contribution in [0, 0.1) is 5.41 Å². The summed E-state index contributed by atoms with van der Waals surface area (Å²) in [5.41, 5.74) is 10.4. The monoisotopic (exact) mass is 187 g/mol. The Balaban J connectivity index is 3.35. The number of amides is 1. The standard InChI is InChI=1S/C7H17N5O/c1-11-7(10)12-4-2-3-5(8)6(9)13/h5H,2-4,8H2,1H3,(H2,9,13)(H3,10,11,12). The summed E-state index contributed by atoms with van der Waals surface area (Å²) in [6.45, 7) is 0.612. The van der Waals surface area contributed by atoms with Crippen molar-refractivity contribution in [1.29, 1.82) is 5.41 Å². The average molecular weight is 187 g/mol. The predicted molar refractivity (Wildman–Crippen MR) is 51.2 cm³/mol. The van der Waals surface area contributed by atoms with Crippen LogP contribution >= 0.6 is 0 Å². The third-order valence-electron chi connectivity index (χ3n) is 1.61. The molecule has 1 amide bonds. The van der Waals surface area contributed by atoms with Crippen molar-refractivity contribution in [1.82, 2.24) is 10.6 Å². The summed E-state index contributed by atoms with van der Waals surface area (Å²) < 4.78 is 0. The Morgan fingerprint density at radius 3 is 2.69 bits per heavy atom. The number of hydrogen-bond donors (Lipinski definition) is 5. The first-order chi connectivity index (χ1) is 6.07. The van der Waals surface area contributed by atoms with E-state index >= 15 is 0 Å². The lowest BCUT2D eigenvalue weighted by molar-refractivity contribution is -0.119. The zero-order chi connectivity index (χ0) is 10.3. The smallest absolute Gasteiger partial charge is 0.234 e. The van der Waals surface area contributed by atoms with Crippen LogP contribution in [0.2, 0.25) is 0 Å². The Morgan fingerprint density at radius 1 is 1.62 bits per heavy atom. The van der Waals surface area contributed by atoms with Gasteiger partial charge in [0.15, 0.2) is 5.96 Å². The van der Waals surface area contributed by atoms with Crippen LogP contribution in [0.4, 0.5) is 0 Å². The lowest BCUT2D eigenvalue weighted by Gasteiger charge is -2.08. The van der Waals surface area contributed by atoms with Crippen molar-refractivity contribution in [2.75, 3.05) is 13.6 Å². The minimum absolute atomic E-state index is 0.257. The van der Waals surface area contributed by atoms with E-state index in [2.05, 4.69) is 10.6 Å². The molecule has 0 aromatic carbocycles. The van der Waals surface area contributed by atoms with Crippen LogP contribution < -0.4 is 22.1 Å². The van der Waals surface area contributed by atoms with E-state index in [1.807, 2.05) is 0 Å². The third-order valence-corrected chi connectivity index (χ3v) is 1.61. The van der Waals surface area contributed by atoms with Gasteiger partial charge in [-0.2, -0.15) is 0 Å². The number of guanidine groups is 1. The SMILES string of the molecule is CNC(=N)NCCCC(N)C(N)=O. The number of nitrogens with two attached hydrogens (primary N) is 2. The van der Waals surface area contributed by atoms with Gasteiger partial charge in [-0.3, -0.25) is 10.2 Å². The normalized spacial score (nSPS) is 11.8. The summed E-state index contributed by atoms with van der Waals surface area (Å²) in [4.78, 5) is 10.5. The van der Waals surface area contributed by atoms with Gasteiger partial charge >= 0.3 is 0 Å². The maximum absolute atomic E-state index is 10.5. The zero-order valence-corrected chi connectivity index (χ0v) is 7.76. The van der Waals surface area contributed by atoms with E-state index in [0.717, 1.165) is 0 Å². The largest absolute Gasteiger partial charge is 0.368 e. The second-order valence-electron chi connectivity index (χ2n) is 2.70. The highest BCUT2D eigenvalue weighted by Gasteiger charge is 2.07. The fourth-order valence-electron chi connectivity index (χ4n) is 0.766. The Labute approximate surface area is 77.6 Å². The van der Waals surface area contributed by atoms with Gasteiger partial charge in [0.25, 0.3) is 0 Å². The molecule has 1 unspecified atom stereocenters. The second-order valence-corrected chi connectivity index (χ2v) is 2.70. The van der Waals surface area contributed by atoms with Crippen molar-refractivity contribution in [2.45, 2.75) is 18.9 Å². The molecule has 13 heavy (non-hydrogen) atoms. The average Bonchev–Trinajstić information content (AvgIpc) is 2.11. The zero-order valence-electron chi connectivity index (χ0n) is 7.76. The molecule has 0 spiro atoms. The quantitative estimate of drug-likeness (QED) is 0.201. The van der Waals surface area contributed by atoms with Gasteiger partial charge in [0, 0.05) is 13.6 Å². The summed E-state index contributed by atoms with van der Waals surface area (Å²) in [7, 11) is 1.66. The molecule has 0 aromatic heterocycles. The van der Waals surface area contributed by atoms with E-state index < -0.39 is 11.9 Å². The summed E-state index contributed by atoms with van der Waals surface area (Å²) >= 11 is 0. The Kier molecular flexibility index (Phi) is 5.62. The minimum Gasteiger partial charge on any atom is -0.368 e. The van der Waals surface area contributed by atoms with E-state index in [9.17, 15) is 4.79 Å². The van der Waals surface area contributed by atoms with E-state index in [1.54, 1.807) is 7.05 Å². The maximum atomic E-state index is 10.5. The summed E-state index contributed by atoms with van der Waals surface area (Å²) in [5.74, 6) is -0.226. The van der Waals surface area contributed by atoms with Crippen LogP contribution in [0.5, 0.6) is 0 Å². The number of carbonyl (C=O) groups is 1.